The SMILES string of the molecule is O=CC1(c2ccccc2)CC(=O)N1c1ccccc1. The van der Waals surface area contributed by atoms with Crippen LogP contribution in [0.15, 0.2) is 60.7 Å². The van der Waals surface area contributed by atoms with E-state index in [9.17, 15) is 9.59 Å². The van der Waals surface area contributed by atoms with Crippen LogP contribution in [0.5, 0.6) is 0 Å². The number of rotatable bonds is 3. The van der Waals surface area contributed by atoms with E-state index >= 15 is 0 Å². The van der Waals surface area contributed by atoms with Crippen molar-refractivity contribution in [3.8, 4) is 0 Å². The molecular formula is C16H13NO2. The molecule has 0 spiro atoms. The lowest BCUT2D eigenvalue weighted by Crippen LogP contribution is -2.62. The Kier molecular flexibility index (Phi) is 2.67. The van der Waals surface area contributed by atoms with Gasteiger partial charge in [-0.3, -0.25) is 9.69 Å². The van der Waals surface area contributed by atoms with Gasteiger partial charge in [-0.25, -0.2) is 0 Å². The summed E-state index contributed by atoms with van der Waals surface area (Å²) in [5, 5.41) is 0. The molecule has 1 heterocycles. The molecule has 0 saturated carbocycles. The average Bonchev–Trinajstić information content (AvgIpc) is 2.46. The smallest absolute Gasteiger partial charge is 0.231 e. The third-order valence-electron chi connectivity index (χ3n) is 3.55. The Morgan fingerprint density at radius 2 is 1.53 bits per heavy atom. The van der Waals surface area contributed by atoms with Crippen molar-refractivity contribution >= 4 is 17.9 Å². The van der Waals surface area contributed by atoms with E-state index < -0.39 is 5.54 Å². The van der Waals surface area contributed by atoms with Crippen molar-refractivity contribution in [1.29, 1.82) is 0 Å². The molecule has 1 aliphatic heterocycles. The maximum Gasteiger partial charge on any atom is 0.231 e. The summed E-state index contributed by atoms with van der Waals surface area (Å²) in [7, 11) is 0. The van der Waals surface area contributed by atoms with E-state index in [0.717, 1.165) is 17.5 Å². The summed E-state index contributed by atoms with van der Waals surface area (Å²) in [6.45, 7) is 0. The minimum atomic E-state index is -0.848. The van der Waals surface area contributed by atoms with Crippen LogP contribution >= 0.6 is 0 Å². The van der Waals surface area contributed by atoms with E-state index in [1.165, 1.54) is 0 Å². The molecule has 19 heavy (non-hydrogen) atoms. The Bertz CT molecular complexity index is 609. The summed E-state index contributed by atoms with van der Waals surface area (Å²) in [6.07, 6.45) is 1.10. The highest BCUT2D eigenvalue weighted by Gasteiger charge is 2.53. The van der Waals surface area contributed by atoms with E-state index in [0.29, 0.717) is 0 Å². The molecule has 1 fully saturated rings. The number of hydrogen-bond donors (Lipinski definition) is 0. The quantitative estimate of drug-likeness (QED) is 0.621. The highest BCUT2D eigenvalue weighted by molar-refractivity contribution is 6.09. The number of anilines is 1. The van der Waals surface area contributed by atoms with Crippen molar-refractivity contribution in [2.75, 3.05) is 4.90 Å². The first kappa shape index (κ1) is 11.7. The molecule has 2 aromatic rings. The molecule has 1 amide bonds. The fourth-order valence-electron chi connectivity index (χ4n) is 2.59. The molecule has 0 radical (unpaired) electrons. The van der Waals surface area contributed by atoms with Crippen LogP contribution in [0.2, 0.25) is 0 Å². The van der Waals surface area contributed by atoms with Crippen LogP contribution in [0.1, 0.15) is 12.0 Å². The molecule has 3 rings (SSSR count). The van der Waals surface area contributed by atoms with Crippen LogP contribution in [0.25, 0.3) is 0 Å². The second kappa shape index (κ2) is 4.35. The summed E-state index contributed by atoms with van der Waals surface area (Å²) >= 11 is 0. The predicted molar refractivity (Wildman–Crippen MR) is 72.7 cm³/mol. The van der Waals surface area contributed by atoms with Gasteiger partial charge in [0.25, 0.3) is 0 Å². The number of amides is 1. The van der Waals surface area contributed by atoms with Gasteiger partial charge in [-0.15, -0.1) is 0 Å². The van der Waals surface area contributed by atoms with Crippen LogP contribution in [-0.2, 0) is 15.1 Å². The minimum Gasteiger partial charge on any atom is -0.300 e. The largest absolute Gasteiger partial charge is 0.300 e. The van der Waals surface area contributed by atoms with Crippen molar-refractivity contribution in [3.63, 3.8) is 0 Å². The Balaban J connectivity index is 2.08. The van der Waals surface area contributed by atoms with Gasteiger partial charge in [0.1, 0.15) is 5.54 Å². The van der Waals surface area contributed by atoms with Crippen LogP contribution in [0.4, 0.5) is 5.69 Å². The number of carbonyl (C=O) groups is 2. The number of β-lactam (4-membered cyclic amide) rings is 1. The van der Waals surface area contributed by atoms with Crippen molar-refractivity contribution in [1.82, 2.24) is 0 Å². The summed E-state index contributed by atoms with van der Waals surface area (Å²) in [5.41, 5.74) is 0.767. The van der Waals surface area contributed by atoms with Gasteiger partial charge in [-0.1, -0.05) is 48.5 Å². The maximum atomic E-state index is 11.9. The lowest BCUT2D eigenvalue weighted by Gasteiger charge is -2.48. The van der Waals surface area contributed by atoms with Gasteiger partial charge in [0.05, 0.1) is 6.42 Å². The van der Waals surface area contributed by atoms with Crippen LogP contribution < -0.4 is 4.90 Å². The molecule has 0 aromatic heterocycles. The first-order valence-corrected chi connectivity index (χ1v) is 6.18. The van der Waals surface area contributed by atoms with E-state index in [2.05, 4.69) is 0 Å². The zero-order valence-corrected chi connectivity index (χ0v) is 10.3. The number of aldehydes is 1. The van der Waals surface area contributed by atoms with Gasteiger partial charge in [-0.05, 0) is 17.7 Å². The molecule has 0 bridgehead atoms. The summed E-state index contributed by atoms with van der Waals surface area (Å²) < 4.78 is 0. The van der Waals surface area contributed by atoms with Gasteiger partial charge >= 0.3 is 0 Å². The number of hydrogen-bond acceptors (Lipinski definition) is 2. The van der Waals surface area contributed by atoms with Crippen LogP contribution in [-0.4, -0.2) is 12.2 Å². The molecule has 3 heteroatoms. The van der Waals surface area contributed by atoms with Crippen molar-refractivity contribution < 1.29 is 9.59 Å². The molecule has 94 valence electrons. The first-order valence-electron chi connectivity index (χ1n) is 6.18. The third kappa shape index (κ3) is 1.66. The number of nitrogens with zero attached hydrogens (tertiary/aromatic N) is 1. The molecular weight excluding hydrogens is 238 g/mol. The molecule has 2 aromatic carbocycles. The Morgan fingerprint density at radius 1 is 0.947 bits per heavy atom. The molecule has 0 N–H and O–H groups in total. The minimum absolute atomic E-state index is 0.0258. The number of carbonyl (C=O) groups excluding carboxylic acids is 2. The fraction of sp³-hybridized carbons (Fsp3) is 0.125. The fourth-order valence-corrected chi connectivity index (χ4v) is 2.59. The zero-order valence-electron chi connectivity index (χ0n) is 10.3. The molecule has 1 unspecified atom stereocenters. The lowest BCUT2D eigenvalue weighted by molar-refractivity contribution is -0.133. The Labute approximate surface area is 111 Å². The van der Waals surface area contributed by atoms with Gasteiger partial charge in [0, 0.05) is 5.69 Å². The van der Waals surface area contributed by atoms with E-state index in [1.807, 2.05) is 60.7 Å². The van der Waals surface area contributed by atoms with Gasteiger partial charge < -0.3 is 4.79 Å². The summed E-state index contributed by atoms with van der Waals surface area (Å²) in [5.74, 6) is -0.0258. The van der Waals surface area contributed by atoms with Crippen molar-refractivity contribution in [2.45, 2.75) is 12.0 Å². The topological polar surface area (TPSA) is 37.4 Å². The van der Waals surface area contributed by atoms with E-state index in [1.54, 1.807) is 4.90 Å². The zero-order chi connectivity index (χ0) is 13.3. The van der Waals surface area contributed by atoms with Gasteiger partial charge in [0.15, 0.2) is 6.29 Å². The predicted octanol–water partition coefficient (Wildman–Crippen LogP) is 2.52. The maximum absolute atomic E-state index is 11.9. The number of benzene rings is 2. The molecule has 3 nitrogen and oxygen atoms in total. The Morgan fingerprint density at radius 3 is 2.05 bits per heavy atom. The summed E-state index contributed by atoms with van der Waals surface area (Å²) in [6, 6.07) is 18.7. The van der Waals surface area contributed by atoms with E-state index in [4.69, 9.17) is 0 Å². The molecule has 0 aliphatic carbocycles. The van der Waals surface area contributed by atoms with Gasteiger partial charge in [0.2, 0.25) is 5.91 Å². The molecule has 1 atom stereocenters. The average molecular weight is 251 g/mol. The highest BCUT2D eigenvalue weighted by Crippen LogP contribution is 2.43. The second-order valence-corrected chi connectivity index (χ2v) is 4.65. The monoisotopic (exact) mass is 251 g/mol. The lowest BCUT2D eigenvalue weighted by atomic mass is 9.78. The number of para-hydroxylation sites is 1. The first-order chi connectivity index (χ1) is 9.28. The van der Waals surface area contributed by atoms with Crippen molar-refractivity contribution in [2.24, 2.45) is 0 Å². The standard InChI is InChI=1S/C16H13NO2/c18-12-16(13-7-3-1-4-8-13)11-15(19)17(16)14-9-5-2-6-10-14/h1-10,12H,11H2. The molecule has 1 saturated heterocycles. The summed E-state index contributed by atoms with van der Waals surface area (Å²) in [4.78, 5) is 25.2. The highest BCUT2D eigenvalue weighted by atomic mass is 16.2. The van der Waals surface area contributed by atoms with Crippen molar-refractivity contribution in [3.05, 3.63) is 66.2 Å². The van der Waals surface area contributed by atoms with E-state index in [-0.39, 0.29) is 12.3 Å². The van der Waals surface area contributed by atoms with Crippen LogP contribution in [0, 0.1) is 0 Å². The second-order valence-electron chi connectivity index (χ2n) is 4.65. The van der Waals surface area contributed by atoms with Crippen LogP contribution in [0.3, 0.4) is 0 Å². The third-order valence-corrected chi connectivity index (χ3v) is 3.55. The van der Waals surface area contributed by atoms with Gasteiger partial charge in [-0.2, -0.15) is 0 Å². The normalized spacial score (nSPS) is 21.9. The molecule has 1 aliphatic rings. The Hall–Kier alpha value is -2.42.